The van der Waals surface area contributed by atoms with Gasteiger partial charge >= 0.3 is 5.97 Å². The summed E-state index contributed by atoms with van der Waals surface area (Å²) in [4.78, 5) is 39.1. The van der Waals surface area contributed by atoms with E-state index < -0.39 is 17.9 Å². The minimum atomic E-state index is -1.10. The van der Waals surface area contributed by atoms with Crippen LogP contribution < -0.4 is 20.9 Å². The molecular weight excluding hydrogens is 578 g/mol. The maximum absolute atomic E-state index is 13.6. The number of carbonyl (C=O) groups is 3. The monoisotopic (exact) mass is 613 g/mol. The van der Waals surface area contributed by atoms with Crippen molar-refractivity contribution in [2.45, 2.75) is 57.0 Å². The zero-order chi connectivity index (χ0) is 30.0. The molecule has 4 N–H and O–H groups in total. The van der Waals surface area contributed by atoms with Gasteiger partial charge in [-0.1, -0.05) is 30.4 Å². The van der Waals surface area contributed by atoms with E-state index in [9.17, 15) is 14.4 Å². The topological polar surface area (TPSA) is 147 Å². The van der Waals surface area contributed by atoms with Crippen molar-refractivity contribution >= 4 is 52.2 Å². The first-order chi connectivity index (χ1) is 20.2. The number of esters is 1. The van der Waals surface area contributed by atoms with Gasteiger partial charge in [0.1, 0.15) is 33.4 Å². The van der Waals surface area contributed by atoms with Crippen LogP contribution in [0, 0.1) is 11.8 Å². The number of benzene rings is 1. The maximum Gasteiger partial charge on any atom is 0.323 e. The molecule has 2 aromatic rings. The Bertz CT molecular complexity index is 1420. The van der Waals surface area contributed by atoms with Crippen molar-refractivity contribution in [1.82, 2.24) is 4.90 Å². The van der Waals surface area contributed by atoms with Gasteiger partial charge in [0.15, 0.2) is 0 Å². The summed E-state index contributed by atoms with van der Waals surface area (Å²) in [5.74, 6) is 2.06. The average Bonchev–Trinajstić information content (AvgIpc) is 3.75. The Kier molecular flexibility index (Phi) is 9.24. The highest BCUT2D eigenvalue weighted by atomic mass is 32.2. The molecule has 1 aliphatic heterocycles. The molecule has 12 heteroatoms. The van der Waals surface area contributed by atoms with Crippen LogP contribution in [-0.4, -0.2) is 59.9 Å². The number of carbonyl (C=O) groups excluding carboxylic acids is 3. The SMILES string of the molecule is COc1ccc(-c2cc(CCCOC(=O)C(N)CC(N)=O)c(/C=C3\SC(=S)N([C@H]4C[C@H]5CC[C@H]4C5)C3=O)o2)c(OC)c1. The Morgan fingerprint density at radius 3 is 2.69 bits per heavy atom. The number of amides is 2. The van der Waals surface area contributed by atoms with E-state index in [1.165, 1.54) is 24.6 Å². The Morgan fingerprint density at radius 1 is 1.21 bits per heavy atom. The molecule has 2 bridgehead atoms. The molecule has 3 fully saturated rings. The summed E-state index contributed by atoms with van der Waals surface area (Å²) >= 11 is 6.98. The molecule has 2 amide bonds. The third-order valence-corrected chi connectivity index (χ3v) is 9.52. The number of furan rings is 1. The van der Waals surface area contributed by atoms with E-state index in [0.717, 1.165) is 24.0 Å². The molecule has 2 aliphatic carbocycles. The summed E-state index contributed by atoms with van der Waals surface area (Å²) in [6.45, 7) is 0.0868. The van der Waals surface area contributed by atoms with Crippen LogP contribution in [0.25, 0.3) is 17.4 Å². The molecule has 224 valence electrons. The van der Waals surface area contributed by atoms with Crippen molar-refractivity contribution in [3.05, 3.63) is 40.5 Å². The largest absolute Gasteiger partial charge is 0.497 e. The lowest BCUT2D eigenvalue weighted by atomic mass is 9.94. The van der Waals surface area contributed by atoms with Crippen LogP contribution in [0.1, 0.15) is 49.8 Å². The highest BCUT2D eigenvalue weighted by Gasteiger charge is 2.48. The van der Waals surface area contributed by atoms with E-state index >= 15 is 0 Å². The first kappa shape index (κ1) is 30.1. The molecule has 5 rings (SSSR count). The van der Waals surface area contributed by atoms with Crippen LogP contribution >= 0.6 is 24.0 Å². The molecule has 1 aromatic heterocycles. The lowest BCUT2D eigenvalue weighted by Crippen LogP contribution is -2.41. The summed E-state index contributed by atoms with van der Waals surface area (Å²) < 4.78 is 23.1. The second kappa shape index (κ2) is 12.9. The van der Waals surface area contributed by atoms with Crippen molar-refractivity contribution < 1.29 is 33.0 Å². The lowest BCUT2D eigenvalue weighted by Gasteiger charge is -2.30. The van der Waals surface area contributed by atoms with Crippen molar-refractivity contribution in [1.29, 1.82) is 0 Å². The molecule has 42 heavy (non-hydrogen) atoms. The van der Waals surface area contributed by atoms with Gasteiger partial charge in [0, 0.05) is 18.2 Å². The number of hydrogen-bond acceptors (Lipinski definition) is 10. The fourth-order valence-corrected chi connectivity index (χ4v) is 7.49. The maximum atomic E-state index is 13.6. The third-order valence-electron chi connectivity index (χ3n) is 8.19. The molecule has 2 saturated carbocycles. The average molecular weight is 614 g/mol. The zero-order valence-corrected chi connectivity index (χ0v) is 25.3. The van der Waals surface area contributed by atoms with E-state index in [2.05, 4.69) is 0 Å². The quantitative estimate of drug-likeness (QED) is 0.156. The summed E-state index contributed by atoms with van der Waals surface area (Å²) in [5, 5.41) is 0. The lowest BCUT2D eigenvalue weighted by molar-refractivity contribution is -0.146. The standard InChI is InChI=1S/C30H35N3O7S2/c1-37-19-7-8-20(24(13-19)38-2)25-12-18(4-3-9-39-29(36)21(31)14-27(32)34)23(40-25)15-26-28(35)33(30(41)42-26)22-11-16-5-6-17(22)10-16/h7-8,12-13,15-17,21-22H,3-6,9-11,14,31H2,1-2H3,(H2,32,34)/b26-15-/t16-,17-,21?,22-/m0/s1. The van der Waals surface area contributed by atoms with Crippen LogP contribution in [0.3, 0.4) is 0 Å². The fourth-order valence-electron chi connectivity index (χ4n) is 6.15. The minimum Gasteiger partial charge on any atom is -0.497 e. The predicted molar refractivity (Wildman–Crippen MR) is 163 cm³/mol. The van der Waals surface area contributed by atoms with Gasteiger partial charge in [-0.05, 0) is 67.7 Å². The summed E-state index contributed by atoms with van der Waals surface area (Å²) in [7, 11) is 3.15. The zero-order valence-electron chi connectivity index (χ0n) is 23.6. The van der Waals surface area contributed by atoms with E-state index in [1.807, 2.05) is 23.1 Å². The van der Waals surface area contributed by atoms with Crippen molar-refractivity contribution in [3.8, 4) is 22.8 Å². The third kappa shape index (κ3) is 6.35. The molecule has 3 aliphatic rings. The summed E-state index contributed by atoms with van der Waals surface area (Å²) in [6.07, 6.45) is 7.01. The number of nitrogens with zero attached hydrogens (tertiary/aromatic N) is 1. The number of ether oxygens (including phenoxy) is 3. The number of methoxy groups -OCH3 is 2. The van der Waals surface area contributed by atoms with Gasteiger partial charge in [0.05, 0.1) is 37.7 Å². The first-order valence-electron chi connectivity index (χ1n) is 14.0. The Balaban J connectivity index is 1.38. The van der Waals surface area contributed by atoms with E-state index in [-0.39, 0.29) is 25.0 Å². The Morgan fingerprint density at radius 2 is 2.02 bits per heavy atom. The normalized spacial score (nSPS) is 23.1. The first-order valence-corrected chi connectivity index (χ1v) is 15.2. The number of rotatable bonds is 12. The smallest absolute Gasteiger partial charge is 0.323 e. The molecule has 4 atom stereocenters. The van der Waals surface area contributed by atoms with Gasteiger partial charge in [-0.15, -0.1) is 0 Å². The molecule has 0 radical (unpaired) electrons. The predicted octanol–water partition coefficient (Wildman–Crippen LogP) is 4.03. The van der Waals surface area contributed by atoms with Gasteiger partial charge < -0.3 is 30.1 Å². The number of nitrogens with two attached hydrogens (primary N) is 2. The molecule has 1 aromatic carbocycles. The van der Waals surface area contributed by atoms with Gasteiger partial charge in [0.2, 0.25) is 5.91 Å². The van der Waals surface area contributed by atoms with E-state index in [1.54, 1.807) is 26.4 Å². The van der Waals surface area contributed by atoms with Crippen molar-refractivity contribution in [3.63, 3.8) is 0 Å². The van der Waals surface area contributed by atoms with Crippen LogP contribution in [0.5, 0.6) is 11.5 Å². The molecule has 1 unspecified atom stereocenters. The number of thioether (sulfide) groups is 1. The minimum absolute atomic E-state index is 0.0779. The summed E-state index contributed by atoms with van der Waals surface area (Å²) in [5.41, 5.74) is 12.3. The van der Waals surface area contributed by atoms with Crippen LogP contribution in [0.4, 0.5) is 0 Å². The van der Waals surface area contributed by atoms with Gasteiger partial charge in [0.25, 0.3) is 5.91 Å². The highest BCUT2D eigenvalue weighted by Crippen LogP contribution is 2.49. The van der Waals surface area contributed by atoms with Gasteiger partial charge in [-0.3, -0.25) is 19.3 Å². The van der Waals surface area contributed by atoms with Crippen molar-refractivity contribution in [2.24, 2.45) is 23.3 Å². The number of hydrogen-bond donors (Lipinski definition) is 2. The number of primary amides is 1. The highest BCUT2D eigenvalue weighted by molar-refractivity contribution is 8.26. The second-order valence-electron chi connectivity index (χ2n) is 10.9. The molecule has 2 heterocycles. The fraction of sp³-hybridized carbons (Fsp3) is 0.467. The number of fused-ring (bicyclic) bond motifs is 2. The summed E-state index contributed by atoms with van der Waals surface area (Å²) in [6, 6.07) is 6.40. The molecule has 10 nitrogen and oxygen atoms in total. The van der Waals surface area contributed by atoms with E-state index in [0.29, 0.717) is 56.9 Å². The molecule has 1 saturated heterocycles. The Labute approximate surface area is 254 Å². The van der Waals surface area contributed by atoms with Gasteiger partial charge in [-0.25, -0.2) is 0 Å². The second-order valence-corrected chi connectivity index (χ2v) is 12.6. The van der Waals surface area contributed by atoms with Crippen molar-refractivity contribution in [2.75, 3.05) is 20.8 Å². The van der Waals surface area contributed by atoms with Crippen LogP contribution in [0.2, 0.25) is 0 Å². The number of aryl methyl sites for hydroxylation is 1. The van der Waals surface area contributed by atoms with Crippen LogP contribution in [-0.2, 0) is 25.5 Å². The van der Waals surface area contributed by atoms with E-state index in [4.69, 9.17) is 42.3 Å². The van der Waals surface area contributed by atoms with Gasteiger partial charge in [-0.2, -0.15) is 0 Å². The van der Waals surface area contributed by atoms with Crippen LogP contribution in [0.15, 0.2) is 33.6 Å². The number of thiocarbonyl (C=S) groups is 1. The molecule has 0 spiro atoms. The Hall–Kier alpha value is -3.35. The molecular formula is C30H35N3O7S2.